The number of phenolic OH excluding ortho intramolecular Hbond substituents is 1. The van der Waals surface area contributed by atoms with E-state index in [1.54, 1.807) is 32.5 Å². The Kier molecular flexibility index (Phi) is 13.2. The highest BCUT2D eigenvalue weighted by Crippen LogP contribution is 2.48. The van der Waals surface area contributed by atoms with Crippen LogP contribution in [0, 0.1) is 29.1 Å². The minimum absolute atomic E-state index is 0.0118. The number of aromatic hydroxyl groups is 1. The van der Waals surface area contributed by atoms with E-state index in [9.17, 15) is 24.3 Å². The second kappa shape index (κ2) is 18.5. The van der Waals surface area contributed by atoms with Crippen LogP contribution in [0.15, 0.2) is 54.7 Å². The first-order valence-electron chi connectivity index (χ1n) is 23.5. The number of likely N-dealkylation sites (N-methyl/N-ethyl adjacent to an activating group) is 1. The lowest BCUT2D eigenvalue weighted by atomic mass is 9.83. The number of methoxy groups -OCH3 is 1. The molecule has 5 N–H and O–H groups in total. The van der Waals surface area contributed by atoms with Gasteiger partial charge in [-0.05, 0) is 129 Å². The summed E-state index contributed by atoms with van der Waals surface area (Å²) in [6.45, 7) is 13.2. The molecule has 0 radical (unpaired) electrons. The van der Waals surface area contributed by atoms with Crippen molar-refractivity contribution < 1.29 is 33.8 Å². The Hall–Kier alpha value is -5.31. The predicted octanol–water partition coefficient (Wildman–Crippen LogP) is 6.31. The van der Waals surface area contributed by atoms with E-state index in [1.165, 1.54) is 9.91 Å². The molecule has 4 aromatic rings. The van der Waals surface area contributed by atoms with Crippen LogP contribution in [0.1, 0.15) is 96.6 Å². The Morgan fingerprint density at radius 3 is 2.55 bits per heavy atom. The van der Waals surface area contributed by atoms with Gasteiger partial charge in [-0.25, -0.2) is 5.43 Å². The molecular formula is C51H67N7O7. The van der Waals surface area contributed by atoms with Gasteiger partial charge in [-0.3, -0.25) is 29.2 Å². The number of amides is 3. The summed E-state index contributed by atoms with van der Waals surface area (Å²) in [6.07, 6.45) is 6.00. The molecule has 1 saturated heterocycles. The highest BCUT2D eigenvalue weighted by atomic mass is 16.5. The molecule has 4 heterocycles. The van der Waals surface area contributed by atoms with Crippen molar-refractivity contribution in [2.75, 3.05) is 27.3 Å². The molecule has 14 nitrogen and oxygen atoms in total. The highest BCUT2D eigenvalue weighted by Gasteiger charge is 2.51. The Morgan fingerprint density at radius 2 is 1.85 bits per heavy atom. The molecule has 2 aliphatic heterocycles. The van der Waals surface area contributed by atoms with Crippen molar-refractivity contribution in [1.82, 2.24) is 30.2 Å². The third-order valence-corrected chi connectivity index (χ3v) is 14.6. The lowest BCUT2D eigenvalue weighted by Crippen LogP contribution is -2.62. The molecule has 2 aromatic heterocycles. The predicted molar refractivity (Wildman–Crippen MR) is 249 cm³/mol. The SMILES string of the molecule is CCn1c(-c2cccnc2[C@H](C)OC)c2c3cc(ccc31)-c1cc(O)cc(c1)C[C@H](NC(=O)C(C(C)C)N(C)C(=O)[C@@H]1[C@H]3CC[C@H](C3)[C@@H]1N)C(=O)N1CCC[C@H](N1)C(=O)OCC(C)(C)C2. The van der Waals surface area contributed by atoms with Crippen molar-refractivity contribution in [3.63, 3.8) is 0 Å². The summed E-state index contributed by atoms with van der Waals surface area (Å²) in [7, 11) is 3.34. The zero-order valence-electron chi connectivity index (χ0n) is 39.2. The first-order valence-corrected chi connectivity index (χ1v) is 23.5. The number of aromatic nitrogens is 2. The fourth-order valence-corrected chi connectivity index (χ4v) is 11.3. The number of nitrogens with zero attached hydrogens (tertiary/aromatic N) is 4. The number of fused-ring (bicyclic) bond motifs is 8. The summed E-state index contributed by atoms with van der Waals surface area (Å²) in [5.74, 6) is -1.59. The topological polar surface area (TPSA) is 181 Å². The van der Waals surface area contributed by atoms with Gasteiger partial charge in [0.05, 0.1) is 30.0 Å². The number of phenols is 1. The molecule has 2 aliphatic carbocycles. The van der Waals surface area contributed by atoms with Gasteiger partial charge in [0, 0.05) is 67.8 Å². The first-order chi connectivity index (χ1) is 31.0. The van der Waals surface area contributed by atoms with Gasteiger partial charge in [0.2, 0.25) is 11.8 Å². The molecule has 4 aliphatic rings. The number of nitrogens with two attached hydrogens (primary N) is 1. The Balaban J connectivity index is 1.21. The Morgan fingerprint density at radius 1 is 1.08 bits per heavy atom. The number of esters is 1. The van der Waals surface area contributed by atoms with Crippen molar-refractivity contribution in [2.24, 2.45) is 34.8 Å². The van der Waals surface area contributed by atoms with Crippen molar-refractivity contribution in [1.29, 1.82) is 0 Å². The number of carbonyl (C=O) groups excluding carboxylic acids is 4. The monoisotopic (exact) mass is 890 g/mol. The van der Waals surface area contributed by atoms with Crippen LogP contribution >= 0.6 is 0 Å². The molecule has 8 rings (SSSR count). The maximum atomic E-state index is 14.7. The van der Waals surface area contributed by atoms with Crippen molar-refractivity contribution in [3.8, 4) is 28.1 Å². The number of aryl methyl sites for hydroxylation is 1. The van der Waals surface area contributed by atoms with Gasteiger partial charge in [0.15, 0.2) is 0 Å². The number of hydrogen-bond acceptors (Lipinski definition) is 10. The smallest absolute Gasteiger partial charge is 0.324 e. The summed E-state index contributed by atoms with van der Waals surface area (Å²) in [4.78, 5) is 63.7. The van der Waals surface area contributed by atoms with Crippen LogP contribution in [-0.2, 0) is 48.0 Å². The van der Waals surface area contributed by atoms with Gasteiger partial charge < -0.3 is 35.1 Å². The van der Waals surface area contributed by atoms with Gasteiger partial charge in [-0.15, -0.1) is 0 Å². The molecule has 65 heavy (non-hydrogen) atoms. The Labute approximate surface area is 382 Å². The molecule has 348 valence electrons. The molecule has 8 bridgehead atoms. The molecule has 8 atom stereocenters. The molecule has 2 aromatic carbocycles. The van der Waals surface area contributed by atoms with Gasteiger partial charge in [-0.2, -0.15) is 0 Å². The molecule has 3 fully saturated rings. The summed E-state index contributed by atoms with van der Waals surface area (Å²) in [6, 6.07) is 12.6. The minimum Gasteiger partial charge on any atom is -0.508 e. The largest absolute Gasteiger partial charge is 0.508 e. The number of cyclic esters (lactones) is 1. The van der Waals surface area contributed by atoms with Crippen LogP contribution in [0.2, 0.25) is 0 Å². The van der Waals surface area contributed by atoms with Gasteiger partial charge in [0.1, 0.15) is 23.9 Å². The second-order valence-corrected chi connectivity index (χ2v) is 20.1. The van der Waals surface area contributed by atoms with Crippen LogP contribution in [0.25, 0.3) is 33.3 Å². The van der Waals surface area contributed by atoms with Gasteiger partial charge in [-0.1, -0.05) is 39.8 Å². The number of nitrogens with one attached hydrogen (secondary N) is 2. The van der Waals surface area contributed by atoms with E-state index in [2.05, 4.69) is 54.3 Å². The number of hydrogen-bond donors (Lipinski definition) is 4. The highest BCUT2D eigenvalue weighted by molar-refractivity contribution is 5.96. The maximum absolute atomic E-state index is 14.7. The Bertz CT molecular complexity index is 2460. The van der Waals surface area contributed by atoms with E-state index in [-0.39, 0.29) is 54.6 Å². The first kappa shape index (κ1) is 46.2. The number of hydrazine groups is 1. The number of ether oxygens (including phenoxy) is 2. The van der Waals surface area contributed by atoms with E-state index in [0.29, 0.717) is 43.8 Å². The van der Waals surface area contributed by atoms with Crippen LogP contribution in [0.4, 0.5) is 0 Å². The summed E-state index contributed by atoms with van der Waals surface area (Å²) in [5.41, 5.74) is 16.3. The maximum Gasteiger partial charge on any atom is 0.324 e. The zero-order valence-corrected chi connectivity index (χ0v) is 39.2. The van der Waals surface area contributed by atoms with Gasteiger partial charge in [0.25, 0.3) is 5.91 Å². The number of pyridine rings is 1. The van der Waals surface area contributed by atoms with Crippen LogP contribution in [-0.4, -0.2) is 99.7 Å². The lowest BCUT2D eigenvalue weighted by Gasteiger charge is -2.38. The lowest BCUT2D eigenvalue weighted by molar-refractivity contribution is -0.155. The zero-order chi connectivity index (χ0) is 46.5. The minimum atomic E-state index is -1.12. The van der Waals surface area contributed by atoms with Crippen LogP contribution in [0.3, 0.4) is 0 Å². The summed E-state index contributed by atoms with van der Waals surface area (Å²) >= 11 is 0. The van der Waals surface area contributed by atoms with E-state index in [1.807, 2.05) is 39.0 Å². The van der Waals surface area contributed by atoms with Crippen LogP contribution < -0.4 is 16.5 Å². The van der Waals surface area contributed by atoms with E-state index < -0.39 is 41.3 Å². The fourth-order valence-electron chi connectivity index (χ4n) is 11.3. The van der Waals surface area contributed by atoms with E-state index in [0.717, 1.165) is 63.8 Å². The summed E-state index contributed by atoms with van der Waals surface area (Å²) in [5, 5.41) is 16.8. The van der Waals surface area contributed by atoms with Crippen molar-refractivity contribution in [2.45, 2.75) is 123 Å². The van der Waals surface area contributed by atoms with Crippen LogP contribution in [0.5, 0.6) is 5.75 Å². The molecule has 2 saturated carbocycles. The molecule has 0 spiro atoms. The van der Waals surface area contributed by atoms with Crippen molar-refractivity contribution in [3.05, 3.63) is 71.5 Å². The summed E-state index contributed by atoms with van der Waals surface area (Å²) < 4.78 is 14.2. The third-order valence-electron chi connectivity index (χ3n) is 14.6. The second-order valence-electron chi connectivity index (χ2n) is 20.1. The molecule has 1 unspecified atom stereocenters. The molecule has 14 heteroatoms. The van der Waals surface area contributed by atoms with Gasteiger partial charge >= 0.3 is 5.97 Å². The average Bonchev–Trinajstić information content (AvgIpc) is 3.98. The quantitative estimate of drug-likeness (QED) is 0.139. The normalized spacial score (nSPS) is 25.3. The van der Waals surface area contributed by atoms with E-state index >= 15 is 0 Å². The molecular weight excluding hydrogens is 823 g/mol. The van der Waals surface area contributed by atoms with E-state index in [4.69, 9.17) is 20.2 Å². The molecule has 3 amide bonds. The third kappa shape index (κ3) is 9.01. The number of benzene rings is 2. The average molecular weight is 890 g/mol. The van der Waals surface area contributed by atoms with Crippen molar-refractivity contribution >= 4 is 34.6 Å². The fraction of sp³-hybridized carbons (Fsp3) is 0.549. The standard InChI is InChI=1S/C51H67N7O7/c1-9-57-41-17-16-31-25-37(41)38(46(57)36-12-10-18-53-44(36)29(4)64-8)26-51(5,6)27-65-50(63)39-13-11-19-58(55-39)48(61)40(22-30-20-34(31)24-35(59)21-30)54-47(60)45(28(2)3)56(7)49(62)42-32-14-15-33(23-32)43(42)52/h10,12,16-18,20-21,24-25,28-29,32-33,39-40,42-43,45,55,59H,9,11,13-15,19,22-23,26-27,52H2,1-8H3,(H,54,60)/t29-,32-,33+,39-,40-,42+,43-,45?/m0/s1. The number of carbonyl (C=O) groups is 4. The number of rotatable bonds is 9.